The summed E-state index contributed by atoms with van der Waals surface area (Å²) >= 11 is -2.48. The van der Waals surface area contributed by atoms with Crippen LogP contribution in [0.2, 0.25) is 0 Å². The van der Waals surface area contributed by atoms with Gasteiger partial charge in [0.15, 0.2) is 5.96 Å². The number of nitrogens with zero attached hydrogens (tertiary/aromatic N) is 1. The molecule has 7 heteroatoms. The van der Waals surface area contributed by atoms with Gasteiger partial charge < -0.3 is 16.0 Å². The lowest BCUT2D eigenvalue weighted by Crippen LogP contribution is -2.23. The molecule has 0 radical (unpaired) electrons. The standard InChI is InChI=1S/C3H9N3O3S/c4-3(5)6-1-2-9-10(7)8/h1-2H2,(H,7,8)(H4,4,5,6)/p-1. The lowest BCUT2D eigenvalue weighted by atomic mass is 10.7. The Kier molecular flexibility index (Phi) is 4.81. The van der Waals surface area contributed by atoms with Crippen LogP contribution in [0.25, 0.3) is 0 Å². The molecule has 0 aromatic rings. The Bertz CT molecular complexity index is 144. The second kappa shape index (κ2) is 5.15. The number of hydrogen-bond acceptors (Lipinski definition) is 4. The summed E-state index contributed by atoms with van der Waals surface area (Å²) in [5.74, 6) is -0.0831. The fourth-order valence-electron chi connectivity index (χ4n) is 0.280. The summed E-state index contributed by atoms with van der Waals surface area (Å²) in [5.41, 5.74) is 9.86. The Labute approximate surface area is 60.7 Å². The Morgan fingerprint density at radius 1 is 1.70 bits per heavy atom. The number of aliphatic imine (C=N–C) groups is 1. The molecule has 0 heterocycles. The first kappa shape index (κ1) is 9.34. The summed E-state index contributed by atoms with van der Waals surface area (Å²) in [6, 6.07) is 0. The molecular formula is C3H8N3O3S-. The second-order valence-electron chi connectivity index (χ2n) is 1.33. The maximum absolute atomic E-state index is 9.71. The summed E-state index contributed by atoms with van der Waals surface area (Å²) < 4.78 is 23.5. The summed E-state index contributed by atoms with van der Waals surface area (Å²) in [6.07, 6.45) is 0. The normalized spacial score (nSPS) is 12.5. The Morgan fingerprint density at radius 3 is 2.70 bits per heavy atom. The molecule has 60 valence electrons. The average molecular weight is 166 g/mol. The molecule has 0 fully saturated rings. The van der Waals surface area contributed by atoms with E-state index in [1.165, 1.54) is 0 Å². The van der Waals surface area contributed by atoms with Gasteiger partial charge in [0.25, 0.3) is 0 Å². The predicted octanol–water partition coefficient (Wildman–Crippen LogP) is -1.93. The highest BCUT2D eigenvalue weighted by molar-refractivity contribution is 7.74. The molecule has 0 aliphatic heterocycles. The molecule has 0 saturated heterocycles. The Hall–Kier alpha value is -0.660. The monoisotopic (exact) mass is 166 g/mol. The number of guanidine groups is 1. The van der Waals surface area contributed by atoms with Gasteiger partial charge in [0.1, 0.15) is 0 Å². The van der Waals surface area contributed by atoms with Gasteiger partial charge in [0.2, 0.25) is 0 Å². The molecule has 4 N–H and O–H groups in total. The number of hydrogen-bond donors (Lipinski definition) is 2. The van der Waals surface area contributed by atoms with E-state index in [9.17, 15) is 8.76 Å². The molecule has 0 aromatic heterocycles. The van der Waals surface area contributed by atoms with Crippen LogP contribution in [-0.4, -0.2) is 27.9 Å². The number of nitrogens with two attached hydrogens (primary N) is 2. The third-order valence-electron chi connectivity index (χ3n) is 0.565. The van der Waals surface area contributed by atoms with E-state index in [1.807, 2.05) is 0 Å². The predicted molar refractivity (Wildman–Crippen MR) is 35.5 cm³/mol. The second-order valence-corrected chi connectivity index (χ2v) is 1.98. The van der Waals surface area contributed by atoms with E-state index in [1.54, 1.807) is 0 Å². The zero-order chi connectivity index (χ0) is 7.98. The van der Waals surface area contributed by atoms with E-state index >= 15 is 0 Å². The third kappa shape index (κ3) is 7.34. The van der Waals surface area contributed by atoms with Crippen molar-refractivity contribution in [2.75, 3.05) is 13.2 Å². The molecule has 1 unspecified atom stereocenters. The zero-order valence-corrected chi connectivity index (χ0v) is 5.97. The summed E-state index contributed by atoms with van der Waals surface area (Å²) in [7, 11) is 0. The van der Waals surface area contributed by atoms with Crippen LogP contribution >= 0.6 is 0 Å². The minimum atomic E-state index is -2.48. The maximum atomic E-state index is 9.71. The Morgan fingerprint density at radius 2 is 2.30 bits per heavy atom. The molecule has 0 aliphatic rings. The fraction of sp³-hybridized carbons (Fsp3) is 0.667. The first-order chi connectivity index (χ1) is 4.63. The van der Waals surface area contributed by atoms with E-state index in [2.05, 4.69) is 9.18 Å². The molecule has 0 aliphatic carbocycles. The SMILES string of the molecule is NC(N)=NCCOS(=O)[O-]. The molecule has 6 nitrogen and oxygen atoms in total. The van der Waals surface area contributed by atoms with Crippen LogP contribution in [0.4, 0.5) is 0 Å². The summed E-state index contributed by atoms with van der Waals surface area (Å²) in [4.78, 5) is 3.47. The third-order valence-corrected chi connectivity index (χ3v) is 0.924. The highest BCUT2D eigenvalue weighted by Gasteiger charge is 1.84. The average Bonchev–Trinajstić information content (AvgIpc) is 1.79. The van der Waals surface area contributed by atoms with Crippen molar-refractivity contribution in [2.45, 2.75) is 0 Å². The van der Waals surface area contributed by atoms with Gasteiger partial charge in [-0.15, -0.1) is 0 Å². The van der Waals surface area contributed by atoms with Crippen molar-refractivity contribution < 1.29 is 12.9 Å². The van der Waals surface area contributed by atoms with Gasteiger partial charge in [-0.05, 0) is 0 Å². The van der Waals surface area contributed by atoms with Crippen LogP contribution in [0.1, 0.15) is 0 Å². The number of rotatable bonds is 4. The van der Waals surface area contributed by atoms with E-state index in [0.29, 0.717) is 0 Å². The maximum Gasteiger partial charge on any atom is 0.185 e. The van der Waals surface area contributed by atoms with Gasteiger partial charge in [-0.25, -0.2) is 4.21 Å². The topological polar surface area (TPSA) is 114 Å². The van der Waals surface area contributed by atoms with Crippen molar-refractivity contribution >= 4 is 17.3 Å². The van der Waals surface area contributed by atoms with Crippen molar-refractivity contribution in [3.63, 3.8) is 0 Å². The van der Waals surface area contributed by atoms with E-state index in [4.69, 9.17) is 11.5 Å². The fourth-order valence-corrected chi connectivity index (χ4v) is 0.491. The smallest absolute Gasteiger partial charge is 0.185 e. The minimum Gasteiger partial charge on any atom is -0.750 e. The molecule has 0 saturated carbocycles. The van der Waals surface area contributed by atoms with Gasteiger partial charge in [0.05, 0.1) is 24.5 Å². The molecule has 0 rings (SSSR count). The summed E-state index contributed by atoms with van der Waals surface area (Å²) in [6.45, 7) is 0.115. The van der Waals surface area contributed by atoms with Gasteiger partial charge >= 0.3 is 0 Å². The molecule has 0 aromatic carbocycles. The van der Waals surface area contributed by atoms with Crippen LogP contribution < -0.4 is 11.5 Å². The van der Waals surface area contributed by atoms with Crippen LogP contribution in [0.3, 0.4) is 0 Å². The highest BCUT2D eigenvalue weighted by atomic mass is 32.2. The van der Waals surface area contributed by atoms with Gasteiger partial charge in [0, 0.05) is 0 Å². The largest absolute Gasteiger partial charge is 0.750 e. The lowest BCUT2D eigenvalue weighted by molar-refractivity contribution is 0.309. The van der Waals surface area contributed by atoms with Gasteiger partial charge in [-0.1, -0.05) is 0 Å². The summed E-state index contributed by atoms with van der Waals surface area (Å²) in [5, 5.41) is 0. The molecule has 1 atom stereocenters. The van der Waals surface area contributed by atoms with Gasteiger partial charge in [-0.2, -0.15) is 0 Å². The zero-order valence-electron chi connectivity index (χ0n) is 5.15. The first-order valence-corrected chi connectivity index (χ1v) is 3.41. The van der Waals surface area contributed by atoms with Crippen LogP contribution in [0.5, 0.6) is 0 Å². The highest BCUT2D eigenvalue weighted by Crippen LogP contribution is 1.78. The van der Waals surface area contributed by atoms with Crippen molar-refractivity contribution in [3.05, 3.63) is 0 Å². The molecule has 10 heavy (non-hydrogen) atoms. The lowest BCUT2D eigenvalue weighted by Gasteiger charge is -2.02. The van der Waals surface area contributed by atoms with Crippen molar-refractivity contribution in [1.29, 1.82) is 0 Å². The Balaban J connectivity index is 3.21. The molecule has 0 spiro atoms. The first-order valence-electron chi connectivity index (χ1n) is 2.41. The quantitative estimate of drug-likeness (QED) is 0.218. The minimum absolute atomic E-state index is 0.0337. The van der Waals surface area contributed by atoms with Crippen molar-refractivity contribution in [1.82, 2.24) is 0 Å². The molecule has 0 bridgehead atoms. The molecular weight excluding hydrogens is 158 g/mol. The van der Waals surface area contributed by atoms with Crippen LogP contribution in [0.15, 0.2) is 4.99 Å². The van der Waals surface area contributed by atoms with Crippen LogP contribution in [0, 0.1) is 0 Å². The van der Waals surface area contributed by atoms with Gasteiger partial charge in [-0.3, -0.25) is 9.18 Å². The van der Waals surface area contributed by atoms with Crippen molar-refractivity contribution in [3.8, 4) is 0 Å². The molecule has 0 amide bonds. The van der Waals surface area contributed by atoms with E-state index in [0.717, 1.165) is 0 Å². The van der Waals surface area contributed by atoms with E-state index < -0.39 is 11.4 Å². The van der Waals surface area contributed by atoms with Crippen LogP contribution in [-0.2, 0) is 15.5 Å². The van der Waals surface area contributed by atoms with Crippen molar-refractivity contribution in [2.24, 2.45) is 16.5 Å². The van der Waals surface area contributed by atoms with E-state index in [-0.39, 0.29) is 19.1 Å².